The first kappa shape index (κ1) is 23.1. The average Bonchev–Trinajstić information content (AvgIpc) is 2.85. The highest BCUT2D eigenvalue weighted by Crippen LogP contribution is 2.37. The van der Waals surface area contributed by atoms with Gasteiger partial charge in [-0.3, -0.25) is 9.80 Å². The summed E-state index contributed by atoms with van der Waals surface area (Å²) in [5, 5.41) is 0.539. The van der Waals surface area contributed by atoms with Crippen LogP contribution >= 0.6 is 11.6 Å². The summed E-state index contributed by atoms with van der Waals surface area (Å²) in [5.74, 6) is 1.37. The Bertz CT molecular complexity index is 1030. The molecule has 4 saturated heterocycles. The lowest BCUT2D eigenvalue weighted by atomic mass is 9.75. The summed E-state index contributed by atoms with van der Waals surface area (Å²) < 4.78 is 28.2. The number of fused-ring (bicyclic) bond motifs is 3. The minimum absolute atomic E-state index is 0.274. The number of nitrogens with zero attached hydrogens (tertiary/aromatic N) is 3. The summed E-state index contributed by atoms with van der Waals surface area (Å²) in [7, 11) is -3.51. The number of halogens is 1. The molecule has 0 radical (unpaired) electrons. The van der Waals surface area contributed by atoms with E-state index in [1.54, 1.807) is 24.3 Å². The van der Waals surface area contributed by atoms with Gasteiger partial charge in [-0.1, -0.05) is 29.8 Å². The quantitative estimate of drug-likeness (QED) is 0.648. The van der Waals surface area contributed by atoms with E-state index in [-0.39, 0.29) is 10.9 Å². The number of rotatable bonds is 7. The zero-order valence-electron chi connectivity index (χ0n) is 18.9. The Morgan fingerprint density at radius 1 is 0.939 bits per heavy atom. The number of piperazine rings is 1. The minimum Gasteiger partial charge on any atom is -0.369 e. The van der Waals surface area contributed by atoms with E-state index < -0.39 is 10.0 Å². The van der Waals surface area contributed by atoms with Gasteiger partial charge in [-0.05, 0) is 67.6 Å². The minimum atomic E-state index is -3.51. The molecule has 4 aliphatic rings. The number of nitrogens with one attached hydrogen (secondary N) is 1. The average molecular weight is 489 g/mol. The second-order valence-electron chi connectivity index (χ2n) is 9.62. The van der Waals surface area contributed by atoms with Crippen LogP contribution in [0.25, 0.3) is 0 Å². The number of benzene rings is 2. The van der Waals surface area contributed by atoms with Crippen molar-refractivity contribution in [2.75, 3.05) is 57.3 Å². The summed E-state index contributed by atoms with van der Waals surface area (Å²) in [6.07, 6.45) is 2.31. The van der Waals surface area contributed by atoms with Crippen LogP contribution in [-0.2, 0) is 10.0 Å². The first-order chi connectivity index (χ1) is 16.0. The van der Waals surface area contributed by atoms with Crippen LogP contribution in [0.3, 0.4) is 0 Å². The van der Waals surface area contributed by atoms with Crippen LogP contribution in [0.5, 0.6) is 0 Å². The summed E-state index contributed by atoms with van der Waals surface area (Å²) in [5.41, 5.74) is 1.32. The van der Waals surface area contributed by atoms with Crippen LogP contribution in [0, 0.1) is 11.8 Å². The van der Waals surface area contributed by atoms with E-state index in [4.69, 9.17) is 11.6 Å². The number of anilines is 1. The van der Waals surface area contributed by atoms with Gasteiger partial charge in [0.2, 0.25) is 10.0 Å². The van der Waals surface area contributed by atoms with Crippen LogP contribution in [0.15, 0.2) is 59.5 Å². The van der Waals surface area contributed by atoms with Crippen molar-refractivity contribution in [1.29, 1.82) is 0 Å². The number of piperidine rings is 3. The maximum Gasteiger partial charge on any atom is 0.240 e. The fourth-order valence-electron chi connectivity index (χ4n) is 5.73. The number of hydrogen-bond acceptors (Lipinski definition) is 5. The molecule has 0 amide bonds. The van der Waals surface area contributed by atoms with Gasteiger partial charge < -0.3 is 4.90 Å². The molecule has 0 saturated carbocycles. The van der Waals surface area contributed by atoms with E-state index >= 15 is 0 Å². The molecule has 4 heterocycles. The number of para-hydroxylation sites is 1. The van der Waals surface area contributed by atoms with Crippen LogP contribution < -0.4 is 9.62 Å². The van der Waals surface area contributed by atoms with Gasteiger partial charge in [0.15, 0.2) is 0 Å². The maximum absolute atomic E-state index is 12.7. The standard InChI is InChI=1S/C25H33ClN4O2S/c26-22-6-8-25(9-7-22)33(31,32)27-17-24-16-20-10-11-30(24)19-21(20)18-28-12-14-29(15-13-28)23-4-2-1-3-5-23/h1-9,20-21,24,27H,10-19H2/t20-,21-,24+/m0/s1. The third-order valence-corrected chi connectivity index (χ3v) is 9.32. The van der Waals surface area contributed by atoms with Crippen molar-refractivity contribution in [3.05, 3.63) is 59.6 Å². The zero-order chi connectivity index (χ0) is 22.8. The Morgan fingerprint density at radius 3 is 2.33 bits per heavy atom. The predicted molar refractivity (Wildman–Crippen MR) is 133 cm³/mol. The lowest BCUT2D eigenvalue weighted by Crippen LogP contribution is -2.59. The van der Waals surface area contributed by atoms with E-state index in [0.29, 0.717) is 23.4 Å². The van der Waals surface area contributed by atoms with E-state index in [0.717, 1.165) is 52.2 Å². The van der Waals surface area contributed by atoms with Crippen LogP contribution in [0.1, 0.15) is 12.8 Å². The smallest absolute Gasteiger partial charge is 0.240 e. The third kappa shape index (κ3) is 5.38. The van der Waals surface area contributed by atoms with Gasteiger partial charge in [0.25, 0.3) is 0 Å². The van der Waals surface area contributed by atoms with E-state index in [1.807, 2.05) is 0 Å². The largest absolute Gasteiger partial charge is 0.369 e. The molecule has 6 nitrogen and oxygen atoms in total. The first-order valence-electron chi connectivity index (χ1n) is 12.0. The molecule has 0 aliphatic carbocycles. The second kappa shape index (κ2) is 9.92. The maximum atomic E-state index is 12.7. The Kier molecular flexibility index (Phi) is 6.95. The molecule has 1 unspecified atom stereocenters. The first-order valence-corrected chi connectivity index (χ1v) is 13.9. The molecule has 0 aromatic heterocycles. The van der Waals surface area contributed by atoms with Crippen molar-refractivity contribution in [3.8, 4) is 0 Å². The normalized spacial score (nSPS) is 28.2. The molecule has 2 bridgehead atoms. The highest BCUT2D eigenvalue weighted by atomic mass is 35.5. The molecule has 4 aliphatic heterocycles. The van der Waals surface area contributed by atoms with Crippen molar-refractivity contribution >= 4 is 27.3 Å². The second-order valence-corrected chi connectivity index (χ2v) is 11.8. The van der Waals surface area contributed by atoms with Crippen molar-refractivity contribution in [2.45, 2.75) is 23.8 Å². The Labute approximate surface area is 202 Å². The van der Waals surface area contributed by atoms with Crippen molar-refractivity contribution in [1.82, 2.24) is 14.5 Å². The van der Waals surface area contributed by atoms with Gasteiger partial charge in [0.05, 0.1) is 4.90 Å². The summed E-state index contributed by atoms with van der Waals surface area (Å²) >= 11 is 5.89. The van der Waals surface area contributed by atoms with Gasteiger partial charge in [0, 0.05) is 62.6 Å². The van der Waals surface area contributed by atoms with Crippen molar-refractivity contribution in [2.24, 2.45) is 11.8 Å². The van der Waals surface area contributed by atoms with Crippen LogP contribution in [0.4, 0.5) is 5.69 Å². The van der Waals surface area contributed by atoms with Crippen LogP contribution in [0.2, 0.25) is 5.02 Å². The van der Waals surface area contributed by atoms with E-state index in [2.05, 4.69) is 49.8 Å². The Hall–Kier alpha value is -1.64. The predicted octanol–water partition coefficient (Wildman–Crippen LogP) is 3.15. The molecule has 178 valence electrons. The highest BCUT2D eigenvalue weighted by molar-refractivity contribution is 7.89. The summed E-state index contributed by atoms with van der Waals surface area (Å²) in [4.78, 5) is 7.89. The molecule has 8 heteroatoms. The molecule has 4 fully saturated rings. The molecular weight excluding hydrogens is 456 g/mol. The summed E-state index contributed by atoms with van der Waals surface area (Å²) in [6.45, 7) is 8.19. The monoisotopic (exact) mass is 488 g/mol. The Balaban J connectivity index is 1.11. The lowest BCUT2D eigenvalue weighted by molar-refractivity contribution is -0.0107. The van der Waals surface area contributed by atoms with E-state index in [9.17, 15) is 8.42 Å². The van der Waals surface area contributed by atoms with E-state index in [1.165, 1.54) is 12.1 Å². The molecule has 2 aromatic carbocycles. The van der Waals surface area contributed by atoms with Gasteiger partial charge in [-0.15, -0.1) is 0 Å². The molecule has 2 aromatic rings. The number of sulfonamides is 1. The topological polar surface area (TPSA) is 55.9 Å². The lowest BCUT2D eigenvalue weighted by Gasteiger charge is -2.51. The molecule has 33 heavy (non-hydrogen) atoms. The fourth-order valence-corrected chi connectivity index (χ4v) is 6.93. The fraction of sp³-hybridized carbons (Fsp3) is 0.520. The molecule has 0 spiro atoms. The SMILES string of the molecule is O=S(=O)(NC[C@H]1C[C@@H]2CCN1C[C@@H]2CN1CCN(c2ccccc2)CC1)c1ccc(Cl)cc1. The van der Waals surface area contributed by atoms with Crippen molar-refractivity contribution in [3.63, 3.8) is 0 Å². The molecular formula is C25H33ClN4O2S. The third-order valence-electron chi connectivity index (χ3n) is 7.63. The van der Waals surface area contributed by atoms with Gasteiger partial charge >= 0.3 is 0 Å². The van der Waals surface area contributed by atoms with Gasteiger partial charge in [0.1, 0.15) is 0 Å². The molecule has 6 rings (SSSR count). The summed E-state index contributed by atoms with van der Waals surface area (Å²) in [6, 6.07) is 17.3. The zero-order valence-corrected chi connectivity index (χ0v) is 20.5. The molecule has 1 N–H and O–H groups in total. The van der Waals surface area contributed by atoms with Crippen LogP contribution in [-0.4, -0.2) is 76.6 Å². The van der Waals surface area contributed by atoms with Gasteiger partial charge in [-0.25, -0.2) is 13.1 Å². The van der Waals surface area contributed by atoms with Crippen molar-refractivity contribution < 1.29 is 8.42 Å². The molecule has 4 atom stereocenters. The Morgan fingerprint density at radius 2 is 1.67 bits per heavy atom. The number of hydrogen-bond donors (Lipinski definition) is 1. The van der Waals surface area contributed by atoms with Gasteiger partial charge in [-0.2, -0.15) is 0 Å². The highest BCUT2D eigenvalue weighted by Gasteiger charge is 2.41.